The van der Waals surface area contributed by atoms with E-state index in [0.717, 1.165) is 24.1 Å². The number of carbonyl (C=O) groups is 3. The Bertz CT molecular complexity index is 836. The van der Waals surface area contributed by atoms with Crippen LogP contribution >= 0.6 is 0 Å². The molecule has 1 aliphatic heterocycles. The zero-order chi connectivity index (χ0) is 21.1. The smallest absolute Gasteiger partial charge is 0.478 e. The number of ether oxygens (including phenoxy) is 2. The number of hydrogen-bond donors (Lipinski definition) is 3. The van der Waals surface area contributed by atoms with E-state index in [1.807, 2.05) is 0 Å². The molecule has 1 aromatic rings. The van der Waals surface area contributed by atoms with Crippen molar-refractivity contribution in [1.82, 2.24) is 4.90 Å². The molecule has 0 aromatic heterocycles. The van der Waals surface area contributed by atoms with Gasteiger partial charge in [-0.1, -0.05) is 0 Å². The minimum absolute atomic E-state index is 0.0886. The van der Waals surface area contributed by atoms with Crippen LogP contribution < -0.4 is 10.1 Å². The maximum absolute atomic E-state index is 12.4. The van der Waals surface area contributed by atoms with E-state index in [4.69, 9.17) is 5.11 Å². The summed E-state index contributed by atoms with van der Waals surface area (Å²) in [7, 11) is 1.08. The monoisotopic (exact) mass is 404 g/mol. The number of hydrogen-bond acceptors (Lipinski definition) is 7. The molecular weight excluding hydrogens is 389 g/mol. The number of aliphatic hydroxyl groups is 1. The Morgan fingerprint density at radius 3 is 2.54 bits per heavy atom. The molecule has 1 aliphatic rings. The summed E-state index contributed by atoms with van der Waals surface area (Å²) in [6.07, 6.45) is -5.02. The third-order valence-corrected chi connectivity index (χ3v) is 3.67. The van der Waals surface area contributed by atoms with Gasteiger partial charge < -0.3 is 29.9 Å². The SMILES string of the molecule is COC(=O)C1=C(Nc2ccc(OC(F)(F)F)cc2C(=O)O)C(=O)N(CCO)C1. The summed E-state index contributed by atoms with van der Waals surface area (Å²) in [4.78, 5) is 36.9. The molecule has 3 N–H and O–H groups in total. The van der Waals surface area contributed by atoms with Crippen molar-refractivity contribution in [3.8, 4) is 5.75 Å². The number of aromatic carboxylic acids is 1. The molecule has 0 aliphatic carbocycles. The molecule has 0 saturated heterocycles. The van der Waals surface area contributed by atoms with Gasteiger partial charge in [0.2, 0.25) is 0 Å². The summed E-state index contributed by atoms with van der Waals surface area (Å²) in [5, 5.41) is 20.8. The molecule has 28 heavy (non-hydrogen) atoms. The number of halogens is 3. The van der Waals surface area contributed by atoms with Crippen molar-refractivity contribution in [1.29, 1.82) is 0 Å². The van der Waals surface area contributed by atoms with Gasteiger partial charge >= 0.3 is 18.3 Å². The van der Waals surface area contributed by atoms with E-state index in [-0.39, 0.29) is 36.7 Å². The quantitative estimate of drug-likeness (QED) is 0.574. The second-order valence-corrected chi connectivity index (χ2v) is 5.48. The highest BCUT2D eigenvalue weighted by Gasteiger charge is 2.35. The average Bonchev–Trinajstić information content (AvgIpc) is 2.91. The standard InChI is InChI=1S/C16H15F3N2O7/c1-27-15(26)10-7-21(4-5-22)13(23)12(10)20-11-3-2-8(28-16(17,18)19)6-9(11)14(24)25/h2-3,6,20,22H,4-5,7H2,1H3,(H,24,25). The van der Waals surface area contributed by atoms with Crippen LogP contribution in [0.2, 0.25) is 0 Å². The third-order valence-electron chi connectivity index (χ3n) is 3.67. The van der Waals surface area contributed by atoms with Gasteiger partial charge in [-0.05, 0) is 18.2 Å². The normalized spacial score (nSPS) is 14.3. The summed E-state index contributed by atoms with van der Waals surface area (Å²) in [5.41, 5.74) is -1.27. The number of carboxylic acids is 1. The summed E-state index contributed by atoms with van der Waals surface area (Å²) >= 11 is 0. The Morgan fingerprint density at radius 2 is 2.00 bits per heavy atom. The van der Waals surface area contributed by atoms with E-state index >= 15 is 0 Å². The van der Waals surface area contributed by atoms with Crippen LogP contribution in [0.25, 0.3) is 0 Å². The molecule has 0 unspecified atom stereocenters. The van der Waals surface area contributed by atoms with Crippen molar-refractivity contribution in [3.63, 3.8) is 0 Å². The summed E-state index contributed by atoms with van der Waals surface area (Å²) in [6.45, 7) is -0.655. The van der Waals surface area contributed by atoms with Gasteiger partial charge in [-0.3, -0.25) is 4.79 Å². The van der Waals surface area contributed by atoms with E-state index in [1.165, 1.54) is 0 Å². The van der Waals surface area contributed by atoms with E-state index < -0.39 is 35.5 Å². The number of carbonyl (C=O) groups excluding carboxylic acids is 2. The lowest BCUT2D eigenvalue weighted by atomic mass is 10.1. The Labute approximate surface area is 155 Å². The van der Waals surface area contributed by atoms with Crippen molar-refractivity contribution in [2.24, 2.45) is 0 Å². The number of nitrogens with zero attached hydrogens (tertiary/aromatic N) is 1. The van der Waals surface area contributed by atoms with Gasteiger partial charge in [0.25, 0.3) is 5.91 Å². The lowest BCUT2D eigenvalue weighted by Gasteiger charge is -2.16. The third kappa shape index (κ3) is 4.71. The molecule has 2 rings (SSSR count). The van der Waals surface area contributed by atoms with Crippen molar-refractivity contribution in [2.45, 2.75) is 6.36 Å². The Morgan fingerprint density at radius 1 is 1.32 bits per heavy atom. The number of carboxylic acid groups (broad SMARTS) is 1. The highest BCUT2D eigenvalue weighted by molar-refractivity contribution is 6.09. The first-order chi connectivity index (χ1) is 13.1. The molecule has 1 aromatic carbocycles. The van der Waals surface area contributed by atoms with Gasteiger partial charge in [0.15, 0.2) is 0 Å². The molecule has 0 fully saturated rings. The molecular formula is C16H15F3N2O7. The molecule has 0 atom stereocenters. The summed E-state index contributed by atoms with van der Waals surface area (Å²) in [5.74, 6) is -3.92. The minimum atomic E-state index is -5.02. The maximum atomic E-state index is 12.4. The molecule has 0 spiro atoms. The highest BCUT2D eigenvalue weighted by atomic mass is 19.4. The molecule has 0 saturated carbocycles. The topological polar surface area (TPSA) is 125 Å². The summed E-state index contributed by atoms with van der Waals surface area (Å²) < 4.78 is 45.3. The lowest BCUT2D eigenvalue weighted by Crippen LogP contribution is -2.31. The van der Waals surface area contributed by atoms with Crippen LogP contribution in [0.5, 0.6) is 5.75 Å². The van der Waals surface area contributed by atoms with Crippen molar-refractivity contribution in [3.05, 3.63) is 35.0 Å². The summed E-state index contributed by atoms with van der Waals surface area (Å²) in [6, 6.07) is 2.45. The molecule has 152 valence electrons. The largest absolute Gasteiger partial charge is 0.573 e. The fourth-order valence-electron chi connectivity index (χ4n) is 2.49. The molecule has 1 amide bonds. The van der Waals surface area contributed by atoms with Gasteiger partial charge in [-0.25, -0.2) is 9.59 Å². The predicted octanol–water partition coefficient (Wildman–Crippen LogP) is 0.957. The lowest BCUT2D eigenvalue weighted by molar-refractivity contribution is -0.274. The first kappa shape index (κ1) is 21.0. The van der Waals surface area contributed by atoms with Crippen LogP contribution in [0.15, 0.2) is 29.5 Å². The molecule has 12 heteroatoms. The Hall–Kier alpha value is -3.28. The number of aliphatic hydroxyl groups excluding tert-OH is 1. The number of esters is 1. The fourth-order valence-corrected chi connectivity index (χ4v) is 2.49. The molecule has 0 radical (unpaired) electrons. The van der Waals surface area contributed by atoms with Crippen LogP contribution in [-0.2, 0) is 14.3 Å². The second-order valence-electron chi connectivity index (χ2n) is 5.48. The number of methoxy groups -OCH3 is 1. The van der Waals surface area contributed by atoms with Crippen LogP contribution in [0.4, 0.5) is 18.9 Å². The van der Waals surface area contributed by atoms with Gasteiger partial charge in [0.1, 0.15) is 11.4 Å². The number of anilines is 1. The van der Waals surface area contributed by atoms with Gasteiger partial charge in [-0.15, -0.1) is 13.2 Å². The highest BCUT2D eigenvalue weighted by Crippen LogP contribution is 2.30. The minimum Gasteiger partial charge on any atom is -0.478 e. The molecule has 0 bridgehead atoms. The zero-order valence-corrected chi connectivity index (χ0v) is 14.4. The Kier molecular flexibility index (Phi) is 6.13. The van der Waals surface area contributed by atoms with Crippen LogP contribution in [0.1, 0.15) is 10.4 Å². The number of alkyl halides is 3. The van der Waals surface area contributed by atoms with E-state index in [1.54, 1.807) is 0 Å². The number of benzene rings is 1. The Balaban J connectivity index is 2.42. The molecule has 9 nitrogen and oxygen atoms in total. The first-order valence-corrected chi connectivity index (χ1v) is 7.69. The van der Waals surface area contributed by atoms with Crippen molar-refractivity contribution < 1.29 is 47.2 Å². The van der Waals surface area contributed by atoms with Crippen molar-refractivity contribution >= 4 is 23.5 Å². The zero-order valence-electron chi connectivity index (χ0n) is 14.4. The molecule has 1 heterocycles. The number of rotatable bonds is 7. The fraction of sp³-hybridized carbons (Fsp3) is 0.312. The van der Waals surface area contributed by atoms with E-state index in [0.29, 0.717) is 6.07 Å². The van der Waals surface area contributed by atoms with Gasteiger partial charge in [0, 0.05) is 6.54 Å². The number of nitrogens with one attached hydrogen (secondary N) is 1. The number of β-amino-alcohol motifs (C(OH)–C–C–N with tert-alkyl or cyclic N) is 1. The van der Waals surface area contributed by atoms with Crippen LogP contribution in [0.3, 0.4) is 0 Å². The first-order valence-electron chi connectivity index (χ1n) is 7.69. The number of amides is 1. The van der Waals surface area contributed by atoms with Gasteiger partial charge in [0.05, 0.1) is 37.1 Å². The van der Waals surface area contributed by atoms with Gasteiger partial charge in [-0.2, -0.15) is 0 Å². The van der Waals surface area contributed by atoms with E-state index in [2.05, 4.69) is 14.8 Å². The second kappa shape index (κ2) is 8.17. The van der Waals surface area contributed by atoms with Crippen molar-refractivity contribution in [2.75, 3.05) is 32.1 Å². The average molecular weight is 404 g/mol. The maximum Gasteiger partial charge on any atom is 0.573 e. The van der Waals surface area contributed by atoms with Crippen LogP contribution in [0, 0.1) is 0 Å². The predicted molar refractivity (Wildman–Crippen MR) is 86.4 cm³/mol. The van der Waals surface area contributed by atoms with E-state index in [9.17, 15) is 32.7 Å². The van der Waals surface area contributed by atoms with Crippen LogP contribution in [-0.4, -0.2) is 66.1 Å².